The Kier molecular flexibility index (Phi) is 3.10. The molecule has 1 aliphatic carbocycles. The third-order valence-electron chi connectivity index (χ3n) is 2.29. The zero-order chi connectivity index (χ0) is 8.10. The van der Waals surface area contributed by atoms with Gasteiger partial charge in [0.05, 0.1) is 6.07 Å². The minimum atomic E-state index is 0.211. The highest BCUT2D eigenvalue weighted by molar-refractivity contribution is 5.81. The van der Waals surface area contributed by atoms with Gasteiger partial charge in [-0.3, -0.25) is 4.79 Å². The number of Topliss-reactive ketones (excluding diaryl/α,β-unsaturated/α-hetero) is 1. The molecule has 0 N–H and O–H groups in total. The Bertz CT molecular complexity index is 180. The third-order valence-corrected chi connectivity index (χ3v) is 2.29. The van der Waals surface area contributed by atoms with Gasteiger partial charge in [-0.1, -0.05) is 6.42 Å². The summed E-state index contributed by atoms with van der Waals surface area (Å²) in [7, 11) is 0. The van der Waals surface area contributed by atoms with Crippen LogP contribution < -0.4 is 0 Å². The number of carbonyl (C=O) groups is 1. The topological polar surface area (TPSA) is 40.9 Å². The van der Waals surface area contributed by atoms with E-state index in [-0.39, 0.29) is 5.92 Å². The Hall–Kier alpha value is -0.840. The molecule has 0 bridgehead atoms. The maximum atomic E-state index is 11.2. The van der Waals surface area contributed by atoms with Crippen molar-refractivity contribution in [2.24, 2.45) is 5.92 Å². The fraction of sp³-hybridized carbons (Fsp3) is 0.778. The predicted octanol–water partition coefficient (Wildman–Crippen LogP) is 2.05. The van der Waals surface area contributed by atoms with E-state index in [4.69, 9.17) is 5.26 Å². The maximum Gasteiger partial charge on any atom is 0.136 e. The van der Waals surface area contributed by atoms with Crippen LogP contribution in [-0.2, 0) is 4.79 Å². The van der Waals surface area contributed by atoms with Gasteiger partial charge in [-0.05, 0) is 19.3 Å². The van der Waals surface area contributed by atoms with Crippen LogP contribution in [0, 0.1) is 17.2 Å². The van der Waals surface area contributed by atoms with Crippen LogP contribution >= 0.6 is 0 Å². The first kappa shape index (κ1) is 8.26. The van der Waals surface area contributed by atoms with Gasteiger partial charge in [0.2, 0.25) is 0 Å². The van der Waals surface area contributed by atoms with Crippen molar-refractivity contribution in [3.63, 3.8) is 0 Å². The number of hydrogen-bond acceptors (Lipinski definition) is 2. The van der Waals surface area contributed by atoms with Crippen molar-refractivity contribution in [2.75, 3.05) is 0 Å². The summed E-state index contributed by atoms with van der Waals surface area (Å²) in [6.07, 6.45) is 5.31. The second kappa shape index (κ2) is 4.12. The summed E-state index contributed by atoms with van der Waals surface area (Å²) in [5, 5.41) is 8.32. The van der Waals surface area contributed by atoms with E-state index in [0.717, 1.165) is 25.7 Å². The summed E-state index contributed by atoms with van der Waals surface area (Å²) >= 11 is 0. The number of nitriles is 1. The molecule has 0 aromatic heterocycles. The standard InChI is InChI=1S/C9H13NO/c10-7-3-5-8-4-1-2-6-9(8)11/h8H,1-6H2. The molecular formula is C9H13NO. The molecule has 0 aromatic carbocycles. The van der Waals surface area contributed by atoms with Crippen molar-refractivity contribution in [3.8, 4) is 6.07 Å². The van der Waals surface area contributed by atoms with Crippen LogP contribution in [-0.4, -0.2) is 5.78 Å². The predicted molar refractivity (Wildman–Crippen MR) is 41.8 cm³/mol. The van der Waals surface area contributed by atoms with Gasteiger partial charge in [0.25, 0.3) is 0 Å². The van der Waals surface area contributed by atoms with Crippen LogP contribution in [0.2, 0.25) is 0 Å². The number of ketones is 1. The van der Waals surface area contributed by atoms with Gasteiger partial charge >= 0.3 is 0 Å². The Balaban J connectivity index is 2.31. The van der Waals surface area contributed by atoms with Crippen LogP contribution in [0.15, 0.2) is 0 Å². The van der Waals surface area contributed by atoms with E-state index in [9.17, 15) is 4.79 Å². The third kappa shape index (κ3) is 2.34. The summed E-state index contributed by atoms with van der Waals surface area (Å²) < 4.78 is 0. The van der Waals surface area contributed by atoms with E-state index in [1.54, 1.807) is 0 Å². The molecule has 0 aromatic rings. The smallest absolute Gasteiger partial charge is 0.136 e. The van der Waals surface area contributed by atoms with Crippen LogP contribution in [0.4, 0.5) is 0 Å². The van der Waals surface area contributed by atoms with Crippen LogP contribution in [0.5, 0.6) is 0 Å². The maximum absolute atomic E-state index is 11.2. The van der Waals surface area contributed by atoms with Gasteiger partial charge in [0.15, 0.2) is 0 Å². The molecule has 60 valence electrons. The first-order valence-corrected chi connectivity index (χ1v) is 4.24. The molecule has 0 amide bonds. The lowest BCUT2D eigenvalue weighted by atomic mass is 9.85. The SMILES string of the molecule is N#CCCC1CCCCC1=O. The molecule has 0 saturated heterocycles. The van der Waals surface area contributed by atoms with Gasteiger partial charge in [-0.15, -0.1) is 0 Å². The Morgan fingerprint density at radius 3 is 3.00 bits per heavy atom. The molecule has 1 fully saturated rings. The summed E-state index contributed by atoms with van der Waals surface area (Å²) in [4.78, 5) is 11.2. The van der Waals surface area contributed by atoms with Crippen LogP contribution in [0.3, 0.4) is 0 Å². The van der Waals surface area contributed by atoms with Crippen molar-refractivity contribution in [2.45, 2.75) is 38.5 Å². The number of hydrogen-bond donors (Lipinski definition) is 0. The molecule has 1 rings (SSSR count). The number of rotatable bonds is 2. The molecular weight excluding hydrogens is 138 g/mol. The zero-order valence-electron chi connectivity index (χ0n) is 6.68. The first-order chi connectivity index (χ1) is 5.34. The van der Waals surface area contributed by atoms with Crippen molar-refractivity contribution < 1.29 is 4.79 Å². The lowest BCUT2D eigenvalue weighted by Crippen LogP contribution is -2.18. The zero-order valence-corrected chi connectivity index (χ0v) is 6.68. The number of carbonyl (C=O) groups excluding carboxylic acids is 1. The van der Waals surface area contributed by atoms with E-state index in [1.807, 2.05) is 0 Å². The summed E-state index contributed by atoms with van der Waals surface area (Å²) in [6.45, 7) is 0. The lowest BCUT2D eigenvalue weighted by Gasteiger charge is -2.18. The minimum Gasteiger partial charge on any atom is -0.299 e. The summed E-state index contributed by atoms with van der Waals surface area (Å²) in [5.41, 5.74) is 0. The van der Waals surface area contributed by atoms with Crippen molar-refractivity contribution in [1.29, 1.82) is 5.26 Å². The monoisotopic (exact) mass is 151 g/mol. The van der Waals surface area contributed by atoms with Crippen molar-refractivity contribution >= 4 is 5.78 Å². The normalized spacial score (nSPS) is 24.6. The van der Waals surface area contributed by atoms with Crippen LogP contribution in [0.25, 0.3) is 0 Å². The molecule has 0 spiro atoms. The quantitative estimate of drug-likeness (QED) is 0.606. The highest BCUT2D eigenvalue weighted by Gasteiger charge is 2.20. The Labute approximate surface area is 67.2 Å². The molecule has 0 aliphatic heterocycles. The fourth-order valence-corrected chi connectivity index (χ4v) is 1.60. The van der Waals surface area contributed by atoms with Gasteiger partial charge < -0.3 is 0 Å². The second-order valence-corrected chi connectivity index (χ2v) is 3.11. The average Bonchev–Trinajstić information content (AvgIpc) is 2.03. The van der Waals surface area contributed by atoms with Gasteiger partial charge in [0.1, 0.15) is 5.78 Å². The largest absolute Gasteiger partial charge is 0.299 e. The molecule has 0 radical (unpaired) electrons. The molecule has 2 nitrogen and oxygen atoms in total. The summed E-state index contributed by atoms with van der Waals surface area (Å²) in [6, 6.07) is 2.08. The van der Waals surface area contributed by atoms with Gasteiger partial charge in [-0.2, -0.15) is 5.26 Å². The Morgan fingerprint density at radius 1 is 1.55 bits per heavy atom. The van der Waals surface area contributed by atoms with E-state index < -0.39 is 0 Å². The van der Waals surface area contributed by atoms with Gasteiger partial charge in [0, 0.05) is 18.8 Å². The van der Waals surface area contributed by atoms with Crippen molar-refractivity contribution in [1.82, 2.24) is 0 Å². The van der Waals surface area contributed by atoms with Gasteiger partial charge in [-0.25, -0.2) is 0 Å². The fourth-order valence-electron chi connectivity index (χ4n) is 1.60. The summed E-state index contributed by atoms with van der Waals surface area (Å²) in [5.74, 6) is 0.592. The average molecular weight is 151 g/mol. The molecule has 1 aliphatic rings. The number of nitrogens with zero attached hydrogens (tertiary/aromatic N) is 1. The molecule has 0 heterocycles. The highest BCUT2D eigenvalue weighted by atomic mass is 16.1. The minimum absolute atomic E-state index is 0.211. The van der Waals surface area contributed by atoms with Crippen LogP contribution in [0.1, 0.15) is 38.5 Å². The Morgan fingerprint density at radius 2 is 2.36 bits per heavy atom. The molecule has 11 heavy (non-hydrogen) atoms. The van der Waals surface area contributed by atoms with E-state index in [0.29, 0.717) is 12.2 Å². The highest BCUT2D eigenvalue weighted by Crippen LogP contribution is 2.23. The lowest BCUT2D eigenvalue weighted by molar-refractivity contribution is -0.124. The first-order valence-electron chi connectivity index (χ1n) is 4.24. The van der Waals surface area contributed by atoms with E-state index in [1.165, 1.54) is 6.42 Å². The molecule has 2 heteroatoms. The molecule has 1 saturated carbocycles. The molecule has 1 atom stereocenters. The van der Waals surface area contributed by atoms with Crippen molar-refractivity contribution in [3.05, 3.63) is 0 Å². The van der Waals surface area contributed by atoms with E-state index >= 15 is 0 Å². The second-order valence-electron chi connectivity index (χ2n) is 3.11. The molecule has 1 unspecified atom stereocenters. The van der Waals surface area contributed by atoms with E-state index in [2.05, 4.69) is 6.07 Å².